The van der Waals surface area contributed by atoms with Gasteiger partial charge in [-0.3, -0.25) is 4.52 Å². The molecule has 148 valence electrons. The molecule has 0 saturated heterocycles. The Labute approximate surface area is 158 Å². The first-order valence-corrected chi connectivity index (χ1v) is 10.5. The minimum Gasteiger partial charge on any atom is -0.450 e. The van der Waals surface area contributed by atoms with Crippen LogP contribution in [-0.4, -0.2) is 29.1 Å². The molecule has 2 rings (SSSR count). The smallest absolute Gasteiger partial charge is 0.450 e. The second-order valence-corrected chi connectivity index (χ2v) is 7.49. The van der Waals surface area contributed by atoms with Crippen LogP contribution in [-0.2, 0) is 13.8 Å². The van der Waals surface area contributed by atoms with Crippen LogP contribution in [0.1, 0.15) is 44.2 Å². The van der Waals surface area contributed by atoms with Crippen LogP contribution in [0.4, 0.5) is 4.79 Å². The molecule has 2 aromatic carbocycles. The maximum absolute atomic E-state index is 12.1. The van der Waals surface area contributed by atoms with E-state index in [0.29, 0.717) is 12.2 Å². The molecule has 0 heterocycles. The van der Waals surface area contributed by atoms with Crippen molar-refractivity contribution in [3.05, 3.63) is 48.0 Å². The monoisotopic (exact) mass is 395 g/mol. The Bertz CT molecular complexity index is 785. The Hall–Kier alpha value is -1.92. The maximum atomic E-state index is 12.1. The molecule has 0 fully saturated rings. The highest BCUT2D eigenvalue weighted by Crippen LogP contribution is 2.37. The first-order chi connectivity index (χ1) is 12.9. The van der Waals surface area contributed by atoms with Crippen LogP contribution < -0.4 is 5.32 Å². The van der Waals surface area contributed by atoms with E-state index in [2.05, 4.69) is 16.8 Å². The highest BCUT2D eigenvalue weighted by molar-refractivity contribution is 7.46. The molecular weight excluding hydrogens is 369 g/mol. The highest BCUT2D eigenvalue weighted by Gasteiger charge is 2.23. The topological polar surface area (TPSA) is 105 Å². The zero-order valence-corrected chi connectivity index (χ0v) is 16.2. The van der Waals surface area contributed by atoms with Crippen molar-refractivity contribution in [2.24, 2.45) is 0 Å². The number of amides is 1. The molecule has 1 atom stereocenters. The van der Waals surface area contributed by atoms with Crippen LogP contribution in [0.3, 0.4) is 0 Å². The molecule has 0 aliphatic rings. The predicted octanol–water partition coefficient (Wildman–Crippen LogP) is 4.30. The zero-order chi connectivity index (χ0) is 19.7. The number of phosphoric ester groups is 1. The predicted molar refractivity (Wildman–Crippen MR) is 103 cm³/mol. The number of carbonyl (C=O) groups is 1. The fourth-order valence-electron chi connectivity index (χ4n) is 2.81. The van der Waals surface area contributed by atoms with Gasteiger partial charge in [0, 0.05) is 0 Å². The lowest BCUT2D eigenvalue weighted by Crippen LogP contribution is -2.32. The minimum atomic E-state index is -4.67. The summed E-state index contributed by atoms with van der Waals surface area (Å²) in [7, 11) is -4.67. The standard InChI is InChI=1S/C19H26NO6P/c1-2-3-4-7-13-25-19(21)20-18(14-26-27(22,23)24)17-12-8-10-15-9-5-6-11-16(15)17/h5-6,8-12,18H,2-4,7,13-14H2,1H3,(H,20,21)(H2,22,23,24). The summed E-state index contributed by atoms with van der Waals surface area (Å²) < 4.78 is 21.0. The Balaban J connectivity index is 2.11. The van der Waals surface area contributed by atoms with Crippen molar-refractivity contribution in [2.45, 2.75) is 38.6 Å². The molecule has 0 saturated carbocycles. The van der Waals surface area contributed by atoms with Gasteiger partial charge in [-0.2, -0.15) is 0 Å². The third kappa shape index (κ3) is 7.31. The molecule has 0 aliphatic heterocycles. The molecule has 1 amide bonds. The van der Waals surface area contributed by atoms with Gasteiger partial charge in [-0.25, -0.2) is 9.36 Å². The number of ether oxygens (including phenoxy) is 1. The van der Waals surface area contributed by atoms with Crippen LogP contribution >= 0.6 is 7.82 Å². The van der Waals surface area contributed by atoms with E-state index in [1.54, 1.807) is 6.07 Å². The lowest BCUT2D eigenvalue weighted by atomic mass is 9.99. The van der Waals surface area contributed by atoms with Gasteiger partial charge >= 0.3 is 13.9 Å². The third-order valence-corrected chi connectivity index (χ3v) is 4.62. The van der Waals surface area contributed by atoms with E-state index in [0.717, 1.165) is 36.5 Å². The summed E-state index contributed by atoms with van der Waals surface area (Å²) in [5.74, 6) is 0. The van der Waals surface area contributed by atoms with Crippen LogP contribution in [0.15, 0.2) is 42.5 Å². The van der Waals surface area contributed by atoms with E-state index in [1.807, 2.05) is 36.4 Å². The molecule has 27 heavy (non-hydrogen) atoms. The molecule has 8 heteroatoms. The number of nitrogens with one attached hydrogen (secondary N) is 1. The summed E-state index contributed by atoms with van der Waals surface area (Å²) in [6, 6.07) is 12.3. The number of hydrogen-bond donors (Lipinski definition) is 3. The number of fused-ring (bicyclic) bond motifs is 1. The largest absolute Gasteiger partial charge is 0.469 e. The molecule has 1 unspecified atom stereocenters. The normalized spacial score (nSPS) is 12.7. The van der Waals surface area contributed by atoms with Gasteiger partial charge in [-0.1, -0.05) is 68.7 Å². The Morgan fingerprint density at radius 3 is 2.59 bits per heavy atom. The Kier molecular flexibility index (Phi) is 8.25. The van der Waals surface area contributed by atoms with Gasteiger partial charge in [0.1, 0.15) is 0 Å². The second-order valence-electron chi connectivity index (χ2n) is 6.25. The fourth-order valence-corrected chi connectivity index (χ4v) is 3.16. The van der Waals surface area contributed by atoms with Crippen molar-refractivity contribution in [2.75, 3.05) is 13.2 Å². The zero-order valence-electron chi connectivity index (χ0n) is 15.3. The maximum Gasteiger partial charge on any atom is 0.469 e. The molecule has 0 radical (unpaired) electrons. The number of hydrogen-bond acceptors (Lipinski definition) is 4. The van der Waals surface area contributed by atoms with E-state index < -0.39 is 20.0 Å². The number of rotatable bonds is 10. The summed E-state index contributed by atoms with van der Waals surface area (Å²) >= 11 is 0. The van der Waals surface area contributed by atoms with Crippen LogP contribution in [0.2, 0.25) is 0 Å². The third-order valence-electron chi connectivity index (χ3n) is 4.13. The first-order valence-electron chi connectivity index (χ1n) is 9.01. The van der Waals surface area contributed by atoms with Crippen LogP contribution in [0.5, 0.6) is 0 Å². The number of unbranched alkanes of at least 4 members (excludes halogenated alkanes) is 3. The van der Waals surface area contributed by atoms with E-state index in [1.165, 1.54) is 0 Å². The first kappa shape index (κ1) is 21.4. The van der Waals surface area contributed by atoms with Gasteiger partial charge < -0.3 is 19.8 Å². The van der Waals surface area contributed by atoms with Crippen LogP contribution in [0.25, 0.3) is 10.8 Å². The van der Waals surface area contributed by atoms with Gasteiger partial charge in [0.15, 0.2) is 0 Å². The van der Waals surface area contributed by atoms with Crippen molar-refractivity contribution in [3.8, 4) is 0 Å². The molecule has 0 spiro atoms. The van der Waals surface area contributed by atoms with Crippen molar-refractivity contribution in [3.63, 3.8) is 0 Å². The molecule has 3 N–H and O–H groups in total. The van der Waals surface area contributed by atoms with E-state index in [4.69, 9.17) is 14.5 Å². The van der Waals surface area contributed by atoms with Gasteiger partial charge in [0.05, 0.1) is 19.3 Å². The summed E-state index contributed by atoms with van der Waals surface area (Å²) in [4.78, 5) is 30.2. The van der Waals surface area contributed by atoms with Gasteiger partial charge in [-0.15, -0.1) is 0 Å². The molecular formula is C19H26NO6P. The van der Waals surface area contributed by atoms with Crippen LogP contribution in [0, 0.1) is 0 Å². The number of carbonyl (C=O) groups excluding carboxylic acids is 1. The van der Waals surface area contributed by atoms with E-state index in [9.17, 15) is 9.36 Å². The summed E-state index contributed by atoms with van der Waals surface area (Å²) in [5.41, 5.74) is 0.699. The van der Waals surface area contributed by atoms with Gasteiger partial charge in [0.2, 0.25) is 0 Å². The van der Waals surface area contributed by atoms with Crippen molar-refractivity contribution >= 4 is 24.7 Å². The molecule has 7 nitrogen and oxygen atoms in total. The SMILES string of the molecule is CCCCCCOC(=O)NC(COP(=O)(O)O)c1cccc2ccccc12. The van der Waals surface area contributed by atoms with Crippen molar-refractivity contribution in [1.82, 2.24) is 5.32 Å². The summed E-state index contributed by atoms with van der Waals surface area (Å²) in [6.07, 6.45) is 3.30. The lowest BCUT2D eigenvalue weighted by Gasteiger charge is -2.21. The van der Waals surface area contributed by atoms with Crippen molar-refractivity contribution < 1.29 is 28.4 Å². The average molecular weight is 395 g/mol. The van der Waals surface area contributed by atoms with E-state index in [-0.39, 0.29) is 6.61 Å². The van der Waals surface area contributed by atoms with Crippen molar-refractivity contribution in [1.29, 1.82) is 0 Å². The molecule has 0 aromatic heterocycles. The number of benzene rings is 2. The molecule has 2 aromatic rings. The summed E-state index contributed by atoms with van der Waals surface area (Å²) in [5, 5.41) is 4.47. The molecule has 0 aliphatic carbocycles. The average Bonchev–Trinajstić information content (AvgIpc) is 2.64. The molecule has 0 bridgehead atoms. The highest BCUT2D eigenvalue weighted by atomic mass is 31.2. The fraction of sp³-hybridized carbons (Fsp3) is 0.421. The lowest BCUT2D eigenvalue weighted by molar-refractivity contribution is 0.129. The van der Waals surface area contributed by atoms with Gasteiger partial charge in [-0.05, 0) is 22.8 Å². The second kappa shape index (κ2) is 10.4. The van der Waals surface area contributed by atoms with E-state index >= 15 is 0 Å². The number of phosphoric acid groups is 1. The minimum absolute atomic E-state index is 0.299. The van der Waals surface area contributed by atoms with Gasteiger partial charge in [0.25, 0.3) is 0 Å². The quantitative estimate of drug-likeness (QED) is 0.409. The Morgan fingerprint density at radius 2 is 1.85 bits per heavy atom. The number of alkyl carbamates (subject to hydrolysis) is 1. The Morgan fingerprint density at radius 1 is 1.11 bits per heavy atom. The summed E-state index contributed by atoms with van der Waals surface area (Å²) in [6.45, 7) is 2.03.